The van der Waals surface area contributed by atoms with E-state index in [4.69, 9.17) is 11.6 Å². The highest BCUT2D eigenvalue weighted by Gasteiger charge is 2.20. The van der Waals surface area contributed by atoms with E-state index in [2.05, 4.69) is 15.4 Å². The monoisotopic (exact) mass is 254 g/mol. The number of aryl methyl sites for hydroxylation is 1. The van der Waals surface area contributed by atoms with Crippen molar-refractivity contribution in [3.05, 3.63) is 46.8 Å². The summed E-state index contributed by atoms with van der Waals surface area (Å²) < 4.78 is 14.5. The van der Waals surface area contributed by atoms with Gasteiger partial charge in [0.2, 0.25) is 0 Å². The van der Waals surface area contributed by atoms with Crippen LogP contribution >= 0.6 is 11.6 Å². The second kappa shape index (κ2) is 4.81. The third kappa shape index (κ3) is 2.30. The molecule has 0 amide bonds. The molecular weight excluding hydrogens is 243 g/mol. The highest BCUT2D eigenvalue weighted by Crippen LogP contribution is 2.26. The largest absolute Gasteiger partial charge is 0.307 e. The predicted octanol–water partition coefficient (Wildman–Crippen LogP) is 1.92. The fourth-order valence-corrected chi connectivity index (χ4v) is 2.00. The smallest absolute Gasteiger partial charge is 0.141 e. The zero-order valence-corrected chi connectivity index (χ0v) is 10.2. The molecule has 1 atom stereocenters. The number of nitrogens with one attached hydrogen (secondary N) is 1. The summed E-state index contributed by atoms with van der Waals surface area (Å²) >= 11 is 6.07. The Kier molecular flexibility index (Phi) is 3.40. The molecule has 0 saturated heterocycles. The summed E-state index contributed by atoms with van der Waals surface area (Å²) in [5, 5.41) is 7.72. The fourth-order valence-electron chi connectivity index (χ4n) is 1.73. The van der Waals surface area contributed by atoms with Crippen LogP contribution in [0, 0.1) is 5.82 Å². The highest BCUT2D eigenvalue weighted by molar-refractivity contribution is 6.31. The molecule has 17 heavy (non-hydrogen) atoms. The number of hydrogen-bond donors (Lipinski definition) is 1. The number of nitrogens with zero attached hydrogens (tertiary/aromatic N) is 3. The van der Waals surface area contributed by atoms with Crippen LogP contribution in [-0.4, -0.2) is 21.8 Å². The van der Waals surface area contributed by atoms with Gasteiger partial charge in [-0.3, -0.25) is 9.67 Å². The van der Waals surface area contributed by atoms with Crippen LogP contribution in [0.1, 0.15) is 17.4 Å². The SMILES string of the molecule is CNC(c1ccc(F)cn1)c1c(Cl)cnn1C. The molecule has 0 aliphatic heterocycles. The minimum absolute atomic E-state index is 0.212. The molecule has 90 valence electrons. The van der Waals surface area contributed by atoms with Crippen molar-refractivity contribution in [1.82, 2.24) is 20.1 Å². The fraction of sp³-hybridized carbons (Fsp3) is 0.273. The highest BCUT2D eigenvalue weighted by atomic mass is 35.5. The molecule has 2 aromatic rings. The maximum atomic E-state index is 12.8. The van der Waals surface area contributed by atoms with Crippen molar-refractivity contribution in [2.24, 2.45) is 7.05 Å². The van der Waals surface area contributed by atoms with E-state index in [-0.39, 0.29) is 11.9 Å². The summed E-state index contributed by atoms with van der Waals surface area (Å²) in [5.41, 5.74) is 1.49. The molecule has 6 heteroatoms. The van der Waals surface area contributed by atoms with Crippen LogP contribution in [0.25, 0.3) is 0 Å². The maximum Gasteiger partial charge on any atom is 0.141 e. The lowest BCUT2D eigenvalue weighted by molar-refractivity contribution is 0.583. The van der Waals surface area contributed by atoms with Crippen LogP contribution in [-0.2, 0) is 7.05 Å². The minimum Gasteiger partial charge on any atom is -0.307 e. The molecule has 0 bridgehead atoms. The number of rotatable bonds is 3. The van der Waals surface area contributed by atoms with Crippen LogP contribution in [0.15, 0.2) is 24.5 Å². The Morgan fingerprint density at radius 3 is 2.65 bits per heavy atom. The number of pyridine rings is 1. The summed E-state index contributed by atoms with van der Waals surface area (Å²) in [7, 11) is 3.59. The normalized spacial score (nSPS) is 12.7. The summed E-state index contributed by atoms with van der Waals surface area (Å²) in [6, 6.07) is 2.78. The molecule has 0 aliphatic rings. The third-order valence-corrected chi connectivity index (χ3v) is 2.84. The van der Waals surface area contributed by atoms with Crippen molar-refractivity contribution in [2.45, 2.75) is 6.04 Å². The molecule has 0 aromatic carbocycles. The molecule has 1 N–H and O–H groups in total. The third-order valence-electron chi connectivity index (χ3n) is 2.55. The summed E-state index contributed by atoms with van der Waals surface area (Å²) in [6.07, 6.45) is 2.76. The molecule has 0 radical (unpaired) electrons. The van der Waals surface area contributed by atoms with Crippen LogP contribution in [0.5, 0.6) is 0 Å². The van der Waals surface area contributed by atoms with Gasteiger partial charge in [-0.15, -0.1) is 0 Å². The lowest BCUT2D eigenvalue weighted by Gasteiger charge is -2.16. The van der Waals surface area contributed by atoms with E-state index in [0.717, 1.165) is 5.69 Å². The lowest BCUT2D eigenvalue weighted by Crippen LogP contribution is -2.22. The Morgan fingerprint density at radius 2 is 2.18 bits per heavy atom. The first-order valence-corrected chi connectivity index (χ1v) is 5.47. The molecular formula is C11H12ClFN4. The minimum atomic E-state index is -0.361. The van der Waals surface area contributed by atoms with Crippen LogP contribution in [0.4, 0.5) is 4.39 Å². The van der Waals surface area contributed by atoms with Gasteiger partial charge in [0.05, 0.1) is 34.8 Å². The van der Waals surface area contributed by atoms with Gasteiger partial charge in [-0.05, 0) is 19.2 Å². The molecule has 2 aromatic heterocycles. The van der Waals surface area contributed by atoms with Crippen molar-refractivity contribution < 1.29 is 4.39 Å². The van der Waals surface area contributed by atoms with Crippen molar-refractivity contribution in [1.29, 1.82) is 0 Å². The van der Waals surface area contributed by atoms with Crippen molar-refractivity contribution >= 4 is 11.6 Å². The summed E-state index contributed by atoms with van der Waals surface area (Å²) in [5.74, 6) is -0.361. The van der Waals surface area contributed by atoms with Crippen molar-refractivity contribution in [2.75, 3.05) is 7.05 Å². The molecule has 4 nitrogen and oxygen atoms in total. The van der Waals surface area contributed by atoms with E-state index in [0.29, 0.717) is 10.7 Å². The Morgan fingerprint density at radius 1 is 1.41 bits per heavy atom. The second-order valence-electron chi connectivity index (χ2n) is 3.62. The van der Waals surface area contributed by atoms with Gasteiger partial charge in [0, 0.05) is 7.05 Å². The second-order valence-corrected chi connectivity index (χ2v) is 4.03. The summed E-state index contributed by atoms with van der Waals surface area (Å²) in [6.45, 7) is 0. The topological polar surface area (TPSA) is 42.7 Å². The number of halogens is 2. The quantitative estimate of drug-likeness (QED) is 0.910. The maximum absolute atomic E-state index is 12.8. The Bertz CT molecular complexity index is 489. The van der Waals surface area contributed by atoms with Gasteiger partial charge in [-0.2, -0.15) is 5.10 Å². The molecule has 0 saturated carbocycles. The molecule has 1 unspecified atom stereocenters. The van der Waals surface area contributed by atoms with Gasteiger partial charge < -0.3 is 5.32 Å². The Labute approximate surface area is 103 Å². The van der Waals surface area contributed by atoms with E-state index in [1.807, 2.05) is 0 Å². The lowest BCUT2D eigenvalue weighted by atomic mass is 10.1. The van der Waals surface area contributed by atoms with Crippen molar-refractivity contribution in [3.63, 3.8) is 0 Å². The first-order chi connectivity index (χ1) is 8.13. The van der Waals surface area contributed by atoms with Gasteiger partial charge >= 0.3 is 0 Å². The first kappa shape index (κ1) is 12.0. The van der Waals surface area contributed by atoms with Crippen LogP contribution in [0.3, 0.4) is 0 Å². The zero-order valence-electron chi connectivity index (χ0n) is 9.48. The van der Waals surface area contributed by atoms with E-state index >= 15 is 0 Å². The zero-order chi connectivity index (χ0) is 12.4. The number of aromatic nitrogens is 3. The van der Waals surface area contributed by atoms with Gasteiger partial charge in [-0.25, -0.2) is 4.39 Å². The molecule has 0 fully saturated rings. The molecule has 2 heterocycles. The van der Waals surface area contributed by atoms with Gasteiger partial charge in [0.25, 0.3) is 0 Å². The number of hydrogen-bond acceptors (Lipinski definition) is 3. The average molecular weight is 255 g/mol. The van der Waals surface area contributed by atoms with Gasteiger partial charge in [0.15, 0.2) is 0 Å². The van der Waals surface area contributed by atoms with E-state index in [1.54, 1.807) is 31.0 Å². The first-order valence-electron chi connectivity index (χ1n) is 5.09. The summed E-state index contributed by atoms with van der Waals surface area (Å²) in [4.78, 5) is 4.05. The Hall–Kier alpha value is -1.46. The van der Waals surface area contributed by atoms with Gasteiger partial charge in [-0.1, -0.05) is 11.6 Å². The molecule has 2 rings (SSSR count). The average Bonchev–Trinajstić information content (AvgIpc) is 2.64. The van der Waals surface area contributed by atoms with Crippen LogP contribution < -0.4 is 5.32 Å². The van der Waals surface area contributed by atoms with E-state index in [1.165, 1.54) is 12.3 Å². The molecule has 0 aliphatic carbocycles. The van der Waals surface area contributed by atoms with Crippen molar-refractivity contribution in [3.8, 4) is 0 Å². The predicted molar refractivity (Wildman–Crippen MR) is 63.3 cm³/mol. The Balaban J connectivity index is 2.43. The van der Waals surface area contributed by atoms with E-state index in [9.17, 15) is 4.39 Å². The molecule has 0 spiro atoms. The van der Waals surface area contributed by atoms with Crippen LogP contribution in [0.2, 0.25) is 5.02 Å². The standard InChI is InChI=1S/C11H12ClFN4/c1-14-10(9-4-3-7(13)5-15-9)11-8(12)6-16-17(11)2/h3-6,10,14H,1-2H3. The van der Waals surface area contributed by atoms with Gasteiger partial charge in [0.1, 0.15) is 5.82 Å². The van der Waals surface area contributed by atoms with E-state index < -0.39 is 0 Å².